The third-order valence-electron chi connectivity index (χ3n) is 5.32. The predicted molar refractivity (Wildman–Crippen MR) is 128 cm³/mol. The van der Waals surface area contributed by atoms with Crippen LogP contribution >= 0.6 is 11.6 Å². The summed E-state index contributed by atoms with van der Waals surface area (Å²) in [7, 11) is 0. The summed E-state index contributed by atoms with van der Waals surface area (Å²) in [4.78, 5) is 33.2. The number of amides is 2. The maximum atomic E-state index is 13.3. The van der Waals surface area contributed by atoms with Crippen molar-refractivity contribution in [3.63, 3.8) is 0 Å². The fourth-order valence-corrected chi connectivity index (χ4v) is 3.36. The second kappa shape index (κ2) is 10.8. The first-order valence-corrected chi connectivity index (χ1v) is 11.1. The van der Waals surface area contributed by atoms with E-state index in [4.69, 9.17) is 22.1 Å². The molecule has 1 aliphatic carbocycles. The van der Waals surface area contributed by atoms with Gasteiger partial charge in [-0.3, -0.25) is 19.6 Å². The Kier molecular flexibility index (Phi) is 8.03. The van der Waals surface area contributed by atoms with Crippen LogP contribution in [0.3, 0.4) is 0 Å². The molecule has 1 unspecified atom stereocenters. The van der Waals surface area contributed by atoms with Crippen LogP contribution in [0.5, 0.6) is 11.5 Å². The number of nitrogens with one attached hydrogen (secondary N) is 2. The molecule has 1 aromatic carbocycles. The number of ether oxygens (including phenoxy) is 1. The van der Waals surface area contributed by atoms with Gasteiger partial charge < -0.3 is 21.1 Å². The normalized spacial score (nSPS) is 15.8. The Balaban J connectivity index is 1.65. The van der Waals surface area contributed by atoms with E-state index >= 15 is 0 Å². The monoisotopic (exact) mass is 521 g/mol. The standard InChI is InChI=1S/C24H23ClF3N5O3/c1-3-30-12-15(11-29)21(34)33-23(8-9-23)22(35)32-14(2)19-6-5-17(13-31-19)36-20-7-4-16(25)10-18(20)24(26,27)28/h3-7,10-14H,1,8-9,29H2,2H3,(H,32,35)(H,33,34)/b15-11+,30-12-. The Morgan fingerprint density at radius 3 is 2.58 bits per heavy atom. The maximum absolute atomic E-state index is 13.3. The molecule has 0 spiro atoms. The predicted octanol–water partition coefficient (Wildman–Crippen LogP) is 4.43. The summed E-state index contributed by atoms with van der Waals surface area (Å²) in [6.45, 7) is 5.10. The van der Waals surface area contributed by atoms with Gasteiger partial charge in [0, 0.05) is 23.6 Å². The van der Waals surface area contributed by atoms with E-state index < -0.39 is 40.9 Å². The minimum Gasteiger partial charge on any atom is -0.455 e. The maximum Gasteiger partial charge on any atom is 0.420 e. The zero-order valence-corrected chi connectivity index (χ0v) is 19.9. The number of hydrogen-bond acceptors (Lipinski definition) is 6. The van der Waals surface area contributed by atoms with E-state index in [-0.39, 0.29) is 16.3 Å². The van der Waals surface area contributed by atoms with Gasteiger partial charge in [-0.05, 0) is 50.1 Å². The third kappa shape index (κ3) is 6.42. The van der Waals surface area contributed by atoms with Crippen LogP contribution in [0.25, 0.3) is 0 Å². The molecule has 2 amide bonds. The van der Waals surface area contributed by atoms with Gasteiger partial charge in [-0.1, -0.05) is 18.2 Å². The summed E-state index contributed by atoms with van der Waals surface area (Å²) in [6.07, 6.45) is 1.03. The molecular weight excluding hydrogens is 499 g/mol. The Labute approximate surface area is 210 Å². The van der Waals surface area contributed by atoms with Crippen LogP contribution in [0.4, 0.5) is 13.2 Å². The van der Waals surface area contributed by atoms with Gasteiger partial charge in [-0.15, -0.1) is 0 Å². The molecule has 1 saturated carbocycles. The number of nitrogens with two attached hydrogens (primary N) is 1. The Bertz CT molecular complexity index is 1210. The van der Waals surface area contributed by atoms with Crippen molar-refractivity contribution in [2.75, 3.05) is 0 Å². The van der Waals surface area contributed by atoms with E-state index in [1.807, 2.05) is 0 Å². The zero-order valence-electron chi connectivity index (χ0n) is 19.1. The molecule has 12 heteroatoms. The third-order valence-corrected chi connectivity index (χ3v) is 5.56. The molecule has 1 atom stereocenters. The van der Waals surface area contributed by atoms with Crippen molar-refractivity contribution < 1.29 is 27.5 Å². The van der Waals surface area contributed by atoms with Gasteiger partial charge >= 0.3 is 6.18 Å². The molecule has 4 N–H and O–H groups in total. The number of benzene rings is 1. The summed E-state index contributed by atoms with van der Waals surface area (Å²) in [5.41, 5.74) is 3.88. The van der Waals surface area contributed by atoms with Crippen LogP contribution in [0.1, 0.15) is 37.1 Å². The largest absolute Gasteiger partial charge is 0.455 e. The highest BCUT2D eigenvalue weighted by atomic mass is 35.5. The number of aromatic nitrogens is 1. The van der Waals surface area contributed by atoms with Crippen LogP contribution in [0.2, 0.25) is 5.02 Å². The molecule has 1 aliphatic rings. The fraction of sp³-hybridized carbons (Fsp3) is 0.250. The summed E-state index contributed by atoms with van der Waals surface area (Å²) >= 11 is 5.69. The number of halogens is 4. The smallest absolute Gasteiger partial charge is 0.420 e. The molecule has 0 aliphatic heterocycles. The summed E-state index contributed by atoms with van der Waals surface area (Å²) < 4.78 is 45.2. The summed E-state index contributed by atoms with van der Waals surface area (Å²) in [5, 5.41) is 5.39. The van der Waals surface area contributed by atoms with Crippen LogP contribution in [0.15, 0.2) is 66.1 Å². The number of rotatable bonds is 9. The average Bonchev–Trinajstić information content (AvgIpc) is 3.61. The highest BCUT2D eigenvalue weighted by molar-refractivity contribution is 6.30. The lowest BCUT2D eigenvalue weighted by atomic mass is 10.1. The highest BCUT2D eigenvalue weighted by Crippen LogP contribution is 2.40. The minimum atomic E-state index is -4.65. The number of pyridine rings is 1. The van der Waals surface area contributed by atoms with Crippen molar-refractivity contribution in [1.82, 2.24) is 15.6 Å². The van der Waals surface area contributed by atoms with Gasteiger partial charge in [-0.25, -0.2) is 0 Å². The lowest BCUT2D eigenvalue weighted by Crippen LogP contribution is -2.50. The quantitative estimate of drug-likeness (QED) is 0.333. The first-order valence-electron chi connectivity index (χ1n) is 10.7. The topological polar surface area (TPSA) is 119 Å². The Morgan fingerprint density at radius 2 is 2.03 bits per heavy atom. The van der Waals surface area contributed by atoms with Crippen molar-refractivity contribution in [1.29, 1.82) is 0 Å². The molecule has 0 radical (unpaired) electrons. The first-order chi connectivity index (χ1) is 17.0. The summed E-state index contributed by atoms with van der Waals surface area (Å²) in [6, 6.07) is 5.58. The van der Waals surface area contributed by atoms with Crippen molar-refractivity contribution in [3.8, 4) is 11.5 Å². The van der Waals surface area contributed by atoms with E-state index in [1.165, 1.54) is 36.8 Å². The lowest BCUT2D eigenvalue weighted by Gasteiger charge is -2.21. The van der Waals surface area contributed by atoms with Crippen LogP contribution in [-0.4, -0.2) is 28.6 Å². The minimum absolute atomic E-state index is 0.0679. The van der Waals surface area contributed by atoms with Crippen molar-refractivity contribution in [2.24, 2.45) is 10.7 Å². The second-order valence-electron chi connectivity index (χ2n) is 7.97. The van der Waals surface area contributed by atoms with Gasteiger partial charge in [0.05, 0.1) is 29.1 Å². The van der Waals surface area contributed by atoms with Gasteiger partial charge in [0.25, 0.3) is 5.91 Å². The van der Waals surface area contributed by atoms with E-state index in [0.717, 1.165) is 18.3 Å². The van der Waals surface area contributed by atoms with Crippen LogP contribution < -0.4 is 21.1 Å². The lowest BCUT2D eigenvalue weighted by molar-refractivity contribution is -0.138. The number of carbonyl (C=O) groups is 2. The number of aliphatic imine (C=N–C) groups is 1. The van der Waals surface area contributed by atoms with Crippen LogP contribution in [0, 0.1) is 0 Å². The van der Waals surface area contributed by atoms with E-state index in [9.17, 15) is 22.8 Å². The molecule has 190 valence electrons. The van der Waals surface area contributed by atoms with E-state index in [0.29, 0.717) is 18.5 Å². The average molecular weight is 522 g/mol. The highest BCUT2D eigenvalue weighted by Gasteiger charge is 2.51. The molecule has 1 aromatic heterocycles. The SMILES string of the molecule is C=C/N=C\C(=C/N)C(=O)NC1(C(=O)NC(C)c2ccc(Oc3ccc(Cl)cc3C(F)(F)F)cn2)CC1. The number of nitrogens with zero attached hydrogens (tertiary/aromatic N) is 2. The Hall–Kier alpha value is -3.86. The van der Waals surface area contributed by atoms with Gasteiger partial charge in [0.1, 0.15) is 17.0 Å². The van der Waals surface area contributed by atoms with Crippen molar-refractivity contribution >= 4 is 29.6 Å². The van der Waals surface area contributed by atoms with E-state index in [1.54, 1.807) is 6.92 Å². The number of hydrogen-bond donors (Lipinski definition) is 3. The van der Waals surface area contributed by atoms with Crippen molar-refractivity contribution in [2.45, 2.75) is 37.5 Å². The van der Waals surface area contributed by atoms with Gasteiger partial charge in [0.15, 0.2) is 0 Å². The van der Waals surface area contributed by atoms with Crippen molar-refractivity contribution in [3.05, 3.63) is 77.4 Å². The fourth-order valence-electron chi connectivity index (χ4n) is 3.19. The van der Waals surface area contributed by atoms with Gasteiger partial charge in [-0.2, -0.15) is 13.2 Å². The molecule has 3 rings (SSSR count). The molecule has 2 aromatic rings. The molecule has 36 heavy (non-hydrogen) atoms. The van der Waals surface area contributed by atoms with Gasteiger partial charge in [0.2, 0.25) is 5.91 Å². The number of carbonyl (C=O) groups excluding carboxylic acids is 2. The second-order valence-corrected chi connectivity index (χ2v) is 8.41. The first kappa shape index (κ1) is 26.7. The zero-order chi connectivity index (χ0) is 26.5. The molecular formula is C24H23ClF3N5O3. The molecule has 1 fully saturated rings. The van der Waals surface area contributed by atoms with Crippen LogP contribution in [-0.2, 0) is 15.8 Å². The molecule has 1 heterocycles. The molecule has 0 saturated heterocycles. The van der Waals surface area contributed by atoms with E-state index in [2.05, 4.69) is 27.2 Å². The Morgan fingerprint density at radius 1 is 1.31 bits per heavy atom. The molecule has 8 nitrogen and oxygen atoms in total. The molecule has 0 bridgehead atoms. The number of alkyl halides is 3. The summed E-state index contributed by atoms with van der Waals surface area (Å²) in [5.74, 6) is -1.31.